The lowest BCUT2D eigenvalue weighted by Crippen LogP contribution is -2.21. The van der Waals surface area contributed by atoms with E-state index < -0.39 is 16.8 Å². The monoisotopic (exact) mass is 477 g/mol. The number of esters is 1. The van der Waals surface area contributed by atoms with Gasteiger partial charge in [-0.15, -0.1) is 0 Å². The zero-order chi connectivity index (χ0) is 24.4. The van der Waals surface area contributed by atoms with Gasteiger partial charge >= 0.3 is 5.97 Å². The van der Waals surface area contributed by atoms with Gasteiger partial charge in [-0.2, -0.15) is 5.26 Å². The van der Waals surface area contributed by atoms with Crippen LogP contribution in [0.4, 0.5) is 5.69 Å². The number of ether oxygens (including phenoxy) is 3. The summed E-state index contributed by atoms with van der Waals surface area (Å²) in [5.41, 5.74) is 7.24. The van der Waals surface area contributed by atoms with E-state index in [1.807, 2.05) is 12.1 Å². The first-order chi connectivity index (χ1) is 16.3. The summed E-state index contributed by atoms with van der Waals surface area (Å²) >= 11 is 6.03. The Balaban J connectivity index is 1.68. The second-order valence-electron chi connectivity index (χ2n) is 7.21. The van der Waals surface area contributed by atoms with E-state index in [0.717, 1.165) is 11.6 Å². The van der Waals surface area contributed by atoms with Gasteiger partial charge in [0.25, 0.3) is 5.69 Å². The van der Waals surface area contributed by atoms with Crippen LogP contribution in [0, 0.1) is 21.4 Å². The SMILES string of the molecule is COc1ccc(C2C(C#N)=C(N)Oc3cc(OC(=O)c4cc([N+](=O)[O-])ccc4Cl)ccc32)cc1. The number of methoxy groups -OCH3 is 1. The minimum absolute atomic E-state index is 0.00946. The van der Waals surface area contributed by atoms with Crippen molar-refractivity contribution in [2.24, 2.45) is 5.73 Å². The van der Waals surface area contributed by atoms with Gasteiger partial charge in [-0.05, 0) is 29.8 Å². The Hall–Kier alpha value is -4.55. The number of hydrogen-bond acceptors (Lipinski definition) is 8. The summed E-state index contributed by atoms with van der Waals surface area (Å²) in [4.78, 5) is 23.0. The maximum atomic E-state index is 12.6. The fourth-order valence-electron chi connectivity index (χ4n) is 3.58. The van der Waals surface area contributed by atoms with Crippen molar-refractivity contribution in [2.75, 3.05) is 7.11 Å². The van der Waals surface area contributed by atoms with Crippen molar-refractivity contribution < 1.29 is 23.9 Å². The molecular formula is C24H16ClN3O6. The molecule has 170 valence electrons. The molecule has 10 heteroatoms. The van der Waals surface area contributed by atoms with Crippen molar-refractivity contribution in [1.82, 2.24) is 0 Å². The third kappa shape index (κ3) is 4.22. The molecule has 1 aliphatic heterocycles. The number of nitro groups is 1. The van der Waals surface area contributed by atoms with Crippen LogP contribution in [0.25, 0.3) is 0 Å². The number of nitriles is 1. The number of carbonyl (C=O) groups is 1. The first kappa shape index (κ1) is 22.6. The van der Waals surface area contributed by atoms with Crippen molar-refractivity contribution in [3.8, 4) is 23.3 Å². The van der Waals surface area contributed by atoms with E-state index in [0.29, 0.717) is 17.1 Å². The predicted molar refractivity (Wildman–Crippen MR) is 122 cm³/mol. The number of fused-ring (bicyclic) bond motifs is 1. The van der Waals surface area contributed by atoms with Crippen molar-refractivity contribution in [2.45, 2.75) is 5.92 Å². The summed E-state index contributed by atoms with van der Waals surface area (Å²) in [5, 5.41) is 20.7. The van der Waals surface area contributed by atoms with Gasteiger partial charge in [0.15, 0.2) is 0 Å². The Kier molecular flexibility index (Phi) is 6.08. The highest BCUT2D eigenvalue weighted by molar-refractivity contribution is 6.33. The molecule has 3 aromatic rings. The number of nitrogens with zero attached hydrogens (tertiary/aromatic N) is 2. The molecule has 0 bridgehead atoms. The van der Waals surface area contributed by atoms with Crippen LogP contribution >= 0.6 is 11.6 Å². The van der Waals surface area contributed by atoms with E-state index in [4.69, 9.17) is 31.5 Å². The Morgan fingerprint density at radius 3 is 2.50 bits per heavy atom. The van der Waals surface area contributed by atoms with Gasteiger partial charge in [0, 0.05) is 23.8 Å². The zero-order valence-corrected chi connectivity index (χ0v) is 18.4. The molecule has 4 rings (SSSR count). The molecule has 9 nitrogen and oxygen atoms in total. The lowest BCUT2D eigenvalue weighted by atomic mass is 9.83. The van der Waals surface area contributed by atoms with Crippen LogP contribution in [-0.4, -0.2) is 18.0 Å². The van der Waals surface area contributed by atoms with Crippen LogP contribution in [0.5, 0.6) is 17.2 Å². The summed E-state index contributed by atoms with van der Waals surface area (Å²) in [5.74, 6) is -0.386. The molecule has 3 aromatic carbocycles. The number of hydrogen-bond donors (Lipinski definition) is 1. The summed E-state index contributed by atoms with van der Waals surface area (Å²) < 4.78 is 16.2. The highest BCUT2D eigenvalue weighted by Gasteiger charge is 2.31. The highest BCUT2D eigenvalue weighted by Crippen LogP contribution is 2.43. The third-order valence-electron chi connectivity index (χ3n) is 5.23. The van der Waals surface area contributed by atoms with Crippen molar-refractivity contribution in [3.05, 3.63) is 104 Å². The number of carbonyl (C=O) groups excluding carboxylic acids is 1. The second kappa shape index (κ2) is 9.13. The normalized spacial score (nSPS) is 14.4. The number of non-ortho nitro benzene ring substituents is 1. The van der Waals surface area contributed by atoms with Crippen LogP contribution in [0.1, 0.15) is 27.4 Å². The van der Waals surface area contributed by atoms with E-state index in [-0.39, 0.29) is 33.5 Å². The molecule has 0 radical (unpaired) electrons. The topological polar surface area (TPSA) is 138 Å². The Morgan fingerprint density at radius 1 is 1.15 bits per heavy atom. The minimum Gasteiger partial charge on any atom is -0.497 e. The molecule has 1 unspecified atom stereocenters. The van der Waals surface area contributed by atoms with Gasteiger partial charge in [0.2, 0.25) is 5.88 Å². The van der Waals surface area contributed by atoms with Crippen LogP contribution in [0.15, 0.2) is 72.1 Å². The van der Waals surface area contributed by atoms with Gasteiger partial charge < -0.3 is 19.9 Å². The van der Waals surface area contributed by atoms with Crippen LogP contribution < -0.4 is 19.9 Å². The fourth-order valence-corrected chi connectivity index (χ4v) is 3.78. The molecule has 0 amide bonds. The molecule has 1 atom stereocenters. The molecule has 0 saturated carbocycles. The van der Waals surface area contributed by atoms with Gasteiger partial charge in [-0.25, -0.2) is 4.79 Å². The Labute approximate surface area is 198 Å². The number of benzene rings is 3. The van der Waals surface area contributed by atoms with Crippen LogP contribution in [0.2, 0.25) is 5.02 Å². The average molecular weight is 478 g/mol. The smallest absolute Gasteiger partial charge is 0.345 e. The second-order valence-corrected chi connectivity index (χ2v) is 7.62. The molecule has 0 fully saturated rings. The van der Waals surface area contributed by atoms with Gasteiger partial charge in [-0.3, -0.25) is 10.1 Å². The van der Waals surface area contributed by atoms with Gasteiger partial charge in [-0.1, -0.05) is 29.8 Å². The summed E-state index contributed by atoms with van der Waals surface area (Å²) in [7, 11) is 1.56. The summed E-state index contributed by atoms with van der Waals surface area (Å²) in [6.45, 7) is 0. The zero-order valence-electron chi connectivity index (χ0n) is 17.7. The van der Waals surface area contributed by atoms with Crippen LogP contribution in [0.3, 0.4) is 0 Å². The lowest BCUT2D eigenvalue weighted by Gasteiger charge is -2.26. The third-order valence-corrected chi connectivity index (χ3v) is 5.56. The molecule has 2 N–H and O–H groups in total. The molecule has 0 aromatic heterocycles. The van der Waals surface area contributed by atoms with E-state index in [2.05, 4.69) is 6.07 Å². The van der Waals surface area contributed by atoms with E-state index in [1.54, 1.807) is 25.3 Å². The highest BCUT2D eigenvalue weighted by atomic mass is 35.5. The van der Waals surface area contributed by atoms with E-state index in [9.17, 15) is 20.2 Å². The van der Waals surface area contributed by atoms with Gasteiger partial charge in [0.05, 0.1) is 28.5 Å². The molecule has 34 heavy (non-hydrogen) atoms. The number of halogens is 1. The maximum absolute atomic E-state index is 12.6. The molecular weight excluding hydrogens is 462 g/mol. The fraction of sp³-hybridized carbons (Fsp3) is 0.0833. The summed E-state index contributed by atoms with van der Waals surface area (Å²) in [6, 6.07) is 17.4. The van der Waals surface area contributed by atoms with Gasteiger partial charge in [0.1, 0.15) is 28.9 Å². The first-order valence-electron chi connectivity index (χ1n) is 9.84. The Morgan fingerprint density at radius 2 is 1.85 bits per heavy atom. The summed E-state index contributed by atoms with van der Waals surface area (Å²) in [6.07, 6.45) is 0. The quantitative estimate of drug-likeness (QED) is 0.241. The Bertz CT molecular complexity index is 1380. The van der Waals surface area contributed by atoms with E-state index in [1.165, 1.54) is 24.3 Å². The predicted octanol–water partition coefficient (Wildman–Crippen LogP) is 4.69. The van der Waals surface area contributed by atoms with Crippen LogP contribution in [-0.2, 0) is 0 Å². The maximum Gasteiger partial charge on any atom is 0.345 e. The lowest BCUT2D eigenvalue weighted by molar-refractivity contribution is -0.384. The molecule has 0 saturated heterocycles. The minimum atomic E-state index is -0.877. The van der Waals surface area contributed by atoms with Crippen molar-refractivity contribution >= 4 is 23.3 Å². The first-order valence-corrected chi connectivity index (χ1v) is 10.2. The molecule has 1 heterocycles. The number of nitrogens with two attached hydrogens (primary N) is 1. The molecule has 0 spiro atoms. The molecule has 0 aliphatic carbocycles. The van der Waals surface area contributed by atoms with E-state index >= 15 is 0 Å². The average Bonchev–Trinajstić information content (AvgIpc) is 2.83. The number of rotatable bonds is 5. The largest absolute Gasteiger partial charge is 0.497 e. The standard InChI is InChI=1S/C24H16ClN3O6/c1-32-15-5-2-13(3-6-15)22-17-8-7-16(11-21(17)34-23(27)19(22)12-26)33-24(29)18-10-14(28(30)31)4-9-20(18)25/h2-11,22H,27H2,1H3. The number of nitro benzene ring substituents is 1. The number of allylic oxidation sites excluding steroid dienone is 1. The van der Waals surface area contributed by atoms with Crippen molar-refractivity contribution in [3.63, 3.8) is 0 Å². The molecule has 1 aliphatic rings. The van der Waals surface area contributed by atoms with Crippen molar-refractivity contribution in [1.29, 1.82) is 5.26 Å².